The monoisotopic (exact) mass is 791 g/mol. The Balaban J connectivity index is 2.27. The second kappa shape index (κ2) is 9.54. The predicted molar refractivity (Wildman–Crippen MR) is 129 cm³/mol. The van der Waals surface area contributed by atoms with Gasteiger partial charge in [0.25, 0.3) is 0 Å². The van der Waals surface area contributed by atoms with Crippen LogP contribution in [0.25, 0.3) is 0 Å². The molecule has 0 amide bonds. The molecule has 2 rings (SSSR count). The van der Waals surface area contributed by atoms with Crippen molar-refractivity contribution < 1.29 is 19.4 Å². The molecule has 2 aromatic carbocycles. The first kappa shape index (κ1) is 21.7. The first-order valence-electron chi connectivity index (χ1n) is 6.90. The van der Waals surface area contributed by atoms with Gasteiger partial charge in [0.05, 0.1) is 21.4 Å². The van der Waals surface area contributed by atoms with Crippen LogP contribution in [-0.4, -0.2) is 24.2 Å². The van der Waals surface area contributed by atoms with Crippen molar-refractivity contribution in [2.45, 2.75) is 12.5 Å². The quantitative estimate of drug-likeness (QED) is 0.341. The van der Waals surface area contributed by atoms with E-state index in [4.69, 9.17) is 10.5 Å². The molecule has 0 aliphatic rings. The second-order valence-corrected chi connectivity index (χ2v) is 9.71. The number of aromatic hydroxyl groups is 1. The lowest BCUT2D eigenvalue weighted by atomic mass is 10.1. The molecule has 0 saturated carbocycles. The van der Waals surface area contributed by atoms with Gasteiger partial charge in [0.2, 0.25) is 0 Å². The minimum absolute atomic E-state index is 0.255. The number of hydrogen-bond acceptors (Lipinski definition) is 5. The smallest absolute Gasteiger partial charge is 0.322 e. The topological polar surface area (TPSA) is 81.8 Å². The minimum Gasteiger partial charge on any atom is -0.506 e. The molecule has 2 aromatic rings. The number of carbonyl (C=O) groups excluding carboxylic acids is 1. The summed E-state index contributed by atoms with van der Waals surface area (Å²) >= 11 is 8.53. The highest BCUT2D eigenvalue weighted by Gasteiger charge is 2.17. The molecule has 0 bridgehead atoms. The zero-order valence-corrected chi connectivity index (χ0v) is 21.5. The molecule has 0 radical (unpaired) electrons. The number of carbonyl (C=O) groups is 1. The van der Waals surface area contributed by atoms with Crippen molar-refractivity contribution in [1.82, 2.24) is 0 Å². The summed E-state index contributed by atoms with van der Waals surface area (Å²) in [6, 6.07) is 6.76. The van der Waals surface area contributed by atoms with Gasteiger partial charge in [-0.3, -0.25) is 4.79 Å². The minimum atomic E-state index is -0.691. The fourth-order valence-electron chi connectivity index (χ4n) is 2.04. The molecule has 0 aliphatic carbocycles. The molecule has 25 heavy (non-hydrogen) atoms. The Kier molecular flexibility index (Phi) is 8.28. The van der Waals surface area contributed by atoms with E-state index in [-0.39, 0.29) is 5.75 Å². The van der Waals surface area contributed by atoms with Crippen LogP contribution < -0.4 is 10.5 Å². The average Bonchev–Trinajstić information content (AvgIpc) is 2.55. The Morgan fingerprint density at radius 2 is 1.60 bits per heavy atom. The number of methoxy groups -OCH3 is 1. The number of benzene rings is 2. The zero-order chi connectivity index (χ0) is 18.7. The zero-order valence-electron chi connectivity index (χ0n) is 12.9. The summed E-state index contributed by atoms with van der Waals surface area (Å²) in [5, 5.41) is 9.87. The molecule has 1 atom stereocenters. The van der Waals surface area contributed by atoms with Gasteiger partial charge in [-0.05, 0) is 127 Å². The van der Waals surface area contributed by atoms with Gasteiger partial charge in [-0.25, -0.2) is 0 Å². The Hall–Kier alpha value is 0.390. The normalized spacial score (nSPS) is 11.9. The molecule has 0 aromatic heterocycles. The Morgan fingerprint density at radius 1 is 1.08 bits per heavy atom. The van der Waals surface area contributed by atoms with Gasteiger partial charge in [-0.15, -0.1) is 0 Å². The summed E-state index contributed by atoms with van der Waals surface area (Å²) in [5.41, 5.74) is 6.77. The van der Waals surface area contributed by atoms with Crippen LogP contribution in [-0.2, 0) is 16.0 Å². The highest BCUT2D eigenvalue weighted by molar-refractivity contribution is 14.1. The van der Waals surface area contributed by atoms with E-state index < -0.39 is 12.0 Å². The fourth-order valence-corrected chi connectivity index (χ4v) is 5.86. The van der Waals surface area contributed by atoms with Crippen LogP contribution in [0.2, 0.25) is 0 Å². The summed E-state index contributed by atoms with van der Waals surface area (Å²) in [6.07, 6.45) is 0.397. The standard InChI is InChI=1S/C16H13I4NO4/c1-24-16(23)13(21)4-7-2-11(19)15(12(20)3-7)25-8-5-9(17)14(22)10(18)6-8/h2-3,5-6,13,22H,4,21H2,1H3/t13-/m0/s1. The maximum atomic E-state index is 11.5. The van der Waals surface area contributed by atoms with Gasteiger partial charge in [-0.1, -0.05) is 0 Å². The van der Waals surface area contributed by atoms with E-state index in [1.807, 2.05) is 12.1 Å². The third-order valence-corrected chi connectivity index (χ3v) is 6.48. The van der Waals surface area contributed by atoms with Crippen molar-refractivity contribution in [3.05, 3.63) is 44.1 Å². The number of halogens is 4. The van der Waals surface area contributed by atoms with Gasteiger partial charge >= 0.3 is 5.97 Å². The molecule has 0 fully saturated rings. The number of phenolic OH excluding ortho intramolecular Hbond substituents is 1. The van der Waals surface area contributed by atoms with E-state index in [0.29, 0.717) is 12.2 Å². The van der Waals surface area contributed by atoms with Crippen molar-refractivity contribution >= 4 is 96.3 Å². The van der Waals surface area contributed by atoms with Gasteiger partial charge in [-0.2, -0.15) is 0 Å². The molecular weight excluding hydrogens is 778 g/mol. The fraction of sp³-hybridized carbons (Fsp3) is 0.188. The molecule has 0 heterocycles. The van der Waals surface area contributed by atoms with Crippen molar-refractivity contribution in [1.29, 1.82) is 0 Å². The van der Waals surface area contributed by atoms with Crippen LogP contribution in [0.4, 0.5) is 0 Å². The molecule has 0 spiro atoms. The molecule has 0 unspecified atom stereocenters. The highest BCUT2D eigenvalue weighted by Crippen LogP contribution is 2.36. The maximum absolute atomic E-state index is 11.5. The lowest BCUT2D eigenvalue weighted by molar-refractivity contribution is -0.142. The van der Waals surface area contributed by atoms with E-state index in [9.17, 15) is 9.90 Å². The second-order valence-electron chi connectivity index (χ2n) is 5.06. The number of esters is 1. The van der Waals surface area contributed by atoms with Gasteiger partial charge in [0.1, 0.15) is 17.5 Å². The van der Waals surface area contributed by atoms with Crippen LogP contribution in [0.1, 0.15) is 5.56 Å². The third kappa shape index (κ3) is 5.68. The number of rotatable bonds is 5. The number of hydrogen-bond donors (Lipinski definition) is 2. The van der Waals surface area contributed by atoms with Crippen LogP contribution in [0, 0.1) is 14.3 Å². The van der Waals surface area contributed by atoms with Gasteiger partial charge in [0.15, 0.2) is 5.75 Å². The largest absolute Gasteiger partial charge is 0.506 e. The summed E-state index contributed by atoms with van der Waals surface area (Å²) < 4.78 is 14.0. The third-order valence-electron chi connectivity index (χ3n) is 3.23. The first-order chi connectivity index (χ1) is 11.7. The first-order valence-corrected chi connectivity index (χ1v) is 11.2. The van der Waals surface area contributed by atoms with Gasteiger partial charge in [0, 0.05) is 0 Å². The number of ether oxygens (including phenoxy) is 2. The molecule has 134 valence electrons. The Morgan fingerprint density at radius 3 is 2.08 bits per heavy atom. The van der Waals surface area contributed by atoms with Crippen LogP contribution in [0.3, 0.4) is 0 Å². The van der Waals surface area contributed by atoms with Crippen LogP contribution in [0.15, 0.2) is 24.3 Å². The predicted octanol–water partition coefficient (Wildman–Crippen LogP) is 4.65. The van der Waals surface area contributed by atoms with Crippen molar-refractivity contribution in [3.63, 3.8) is 0 Å². The van der Waals surface area contributed by atoms with E-state index in [1.165, 1.54) is 7.11 Å². The Bertz CT molecular complexity index is 767. The highest BCUT2D eigenvalue weighted by atomic mass is 127. The molecule has 0 aliphatic heterocycles. The van der Waals surface area contributed by atoms with Crippen molar-refractivity contribution in [2.75, 3.05) is 7.11 Å². The Labute approximate surface area is 200 Å². The average molecular weight is 791 g/mol. The molecule has 0 saturated heterocycles. The summed E-state index contributed by atoms with van der Waals surface area (Å²) in [5.74, 6) is 1.21. The number of phenols is 1. The van der Waals surface area contributed by atoms with Crippen molar-refractivity contribution in [3.8, 4) is 17.2 Å². The summed E-state index contributed by atoms with van der Waals surface area (Å²) in [4.78, 5) is 11.5. The SMILES string of the molecule is COC(=O)[C@@H](N)Cc1cc(I)c(Oc2cc(I)c(O)c(I)c2)c(I)c1. The lowest BCUT2D eigenvalue weighted by Crippen LogP contribution is -2.33. The van der Waals surface area contributed by atoms with E-state index >= 15 is 0 Å². The van der Waals surface area contributed by atoms with Crippen LogP contribution in [0.5, 0.6) is 17.2 Å². The summed E-state index contributed by atoms with van der Waals surface area (Å²) in [6.45, 7) is 0. The van der Waals surface area contributed by atoms with E-state index in [1.54, 1.807) is 12.1 Å². The lowest BCUT2D eigenvalue weighted by Gasteiger charge is -2.15. The van der Waals surface area contributed by atoms with E-state index in [2.05, 4.69) is 95.1 Å². The van der Waals surface area contributed by atoms with Crippen molar-refractivity contribution in [2.24, 2.45) is 5.73 Å². The molecular formula is C16H13I4NO4. The summed E-state index contributed by atoms with van der Waals surface area (Å²) in [7, 11) is 1.33. The maximum Gasteiger partial charge on any atom is 0.322 e. The van der Waals surface area contributed by atoms with Gasteiger partial charge < -0.3 is 20.3 Å². The molecule has 5 nitrogen and oxygen atoms in total. The molecule has 3 N–H and O–H groups in total. The van der Waals surface area contributed by atoms with Crippen LogP contribution >= 0.6 is 90.4 Å². The van der Waals surface area contributed by atoms with E-state index in [0.717, 1.165) is 25.6 Å². The molecule has 9 heteroatoms. The number of nitrogens with two attached hydrogens (primary N) is 1.